The minimum atomic E-state index is -0.887. The number of ether oxygens (including phenoxy) is 1. The molecule has 0 fully saturated rings. The Kier molecular flexibility index (Phi) is 9.38. The highest BCUT2D eigenvalue weighted by Gasteiger charge is 2.22. The number of hydrogen-bond donors (Lipinski definition) is 3. The number of carbonyl (C=O) groups is 3. The lowest BCUT2D eigenvalue weighted by molar-refractivity contribution is -0.145. The van der Waals surface area contributed by atoms with E-state index in [1.807, 2.05) is 60.7 Å². The van der Waals surface area contributed by atoms with E-state index in [-0.39, 0.29) is 44.9 Å². The van der Waals surface area contributed by atoms with E-state index >= 15 is 0 Å². The molecule has 0 radical (unpaired) electrons. The second kappa shape index (κ2) is 12.3. The summed E-state index contributed by atoms with van der Waals surface area (Å²) in [7, 11) is 0. The fourth-order valence-electron chi connectivity index (χ4n) is 2.67. The van der Waals surface area contributed by atoms with Crippen LogP contribution in [0, 0.1) is 0 Å². The third-order valence-corrected chi connectivity index (χ3v) is 4.15. The smallest absolute Gasteiger partial charge is 0.306 e. The molecule has 1 atom stereocenters. The highest BCUT2D eigenvalue weighted by atomic mass is 16.5. The maximum atomic E-state index is 12.3. The Morgan fingerprint density at radius 2 is 1.55 bits per heavy atom. The number of rotatable bonds is 11. The van der Waals surface area contributed by atoms with Crippen molar-refractivity contribution in [3.63, 3.8) is 0 Å². The van der Waals surface area contributed by atoms with Crippen molar-refractivity contribution in [1.82, 2.24) is 10.6 Å². The fourth-order valence-corrected chi connectivity index (χ4v) is 2.67. The average molecular weight is 398 g/mol. The summed E-state index contributed by atoms with van der Waals surface area (Å²) in [5.74, 6) is -1.22. The predicted octanol–water partition coefficient (Wildman–Crippen LogP) is 1.35. The molecule has 2 aromatic carbocycles. The second-order valence-corrected chi connectivity index (χ2v) is 6.48. The fraction of sp³-hybridized carbons (Fsp3) is 0.318. The Bertz CT molecular complexity index is 780. The molecule has 2 rings (SSSR count). The average Bonchev–Trinajstić information content (AvgIpc) is 2.74. The molecule has 7 heteroatoms. The van der Waals surface area contributed by atoms with Gasteiger partial charge in [0.25, 0.3) is 0 Å². The van der Waals surface area contributed by atoms with E-state index in [0.29, 0.717) is 0 Å². The highest BCUT2D eigenvalue weighted by Crippen LogP contribution is 2.06. The summed E-state index contributed by atoms with van der Waals surface area (Å²) < 4.78 is 5.22. The van der Waals surface area contributed by atoms with Gasteiger partial charge in [0.2, 0.25) is 11.8 Å². The van der Waals surface area contributed by atoms with Crippen LogP contribution < -0.4 is 10.6 Å². The van der Waals surface area contributed by atoms with Gasteiger partial charge < -0.3 is 20.5 Å². The first kappa shape index (κ1) is 22.1. The van der Waals surface area contributed by atoms with E-state index in [9.17, 15) is 14.4 Å². The van der Waals surface area contributed by atoms with Gasteiger partial charge >= 0.3 is 5.97 Å². The summed E-state index contributed by atoms with van der Waals surface area (Å²) in [6.07, 6.45) is 0.212. The molecule has 0 saturated carbocycles. The lowest BCUT2D eigenvalue weighted by Crippen LogP contribution is -2.48. The van der Waals surface area contributed by atoms with Gasteiger partial charge in [-0.1, -0.05) is 60.7 Å². The monoisotopic (exact) mass is 398 g/mol. The Morgan fingerprint density at radius 3 is 2.17 bits per heavy atom. The molecule has 0 aliphatic carbocycles. The number of esters is 1. The number of aliphatic hydroxyl groups is 1. The van der Waals surface area contributed by atoms with E-state index in [0.717, 1.165) is 11.1 Å². The van der Waals surface area contributed by atoms with Gasteiger partial charge in [0, 0.05) is 13.0 Å². The Labute approximate surface area is 170 Å². The first-order chi connectivity index (χ1) is 14.1. The summed E-state index contributed by atoms with van der Waals surface area (Å²) >= 11 is 0. The van der Waals surface area contributed by atoms with E-state index < -0.39 is 17.9 Å². The van der Waals surface area contributed by atoms with Gasteiger partial charge in [-0.3, -0.25) is 14.4 Å². The zero-order chi connectivity index (χ0) is 20.9. The summed E-state index contributed by atoms with van der Waals surface area (Å²) in [6.45, 7) is 0.0132. The second-order valence-electron chi connectivity index (χ2n) is 6.48. The molecular formula is C22H26N2O5. The van der Waals surface area contributed by atoms with Crippen LogP contribution in [0.5, 0.6) is 0 Å². The lowest BCUT2D eigenvalue weighted by Gasteiger charge is -2.18. The van der Waals surface area contributed by atoms with Gasteiger partial charge in [0.1, 0.15) is 12.6 Å². The maximum absolute atomic E-state index is 12.3. The standard InChI is InChI=1S/C22H26N2O5/c25-14-13-23-22(28)19(24-20(26)15-17-7-3-1-4-8-17)11-12-21(27)29-16-18-9-5-2-6-10-18/h1-10,19,25H,11-16H2,(H,23,28)(H,24,26)/t19-/m1/s1. The Morgan fingerprint density at radius 1 is 0.931 bits per heavy atom. The lowest BCUT2D eigenvalue weighted by atomic mass is 10.1. The molecule has 0 bridgehead atoms. The quantitative estimate of drug-likeness (QED) is 0.496. The van der Waals surface area contributed by atoms with Crippen molar-refractivity contribution in [3.8, 4) is 0 Å². The minimum absolute atomic E-state index is 0.0182. The van der Waals surface area contributed by atoms with Crippen molar-refractivity contribution in [2.75, 3.05) is 13.2 Å². The molecule has 0 aliphatic rings. The van der Waals surface area contributed by atoms with Crippen LogP contribution in [-0.4, -0.2) is 42.1 Å². The molecule has 2 aromatic rings. The highest BCUT2D eigenvalue weighted by molar-refractivity contribution is 5.88. The molecule has 0 saturated heterocycles. The zero-order valence-corrected chi connectivity index (χ0v) is 16.2. The van der Waals surface area contributed by atoms with E-state index in [1.165, 1.54) is 0 Å². The first-order valence-corrected chi connectivity index (χ1v) is 9.50. The van der Waals surface area contributed by atoms with Crippen molar-refractivity contribution < 1.29 is 24.2 Å². The molecule has 0 spiro atoms. The van der Waals surface area contributed by atoms with Crippen LogP contribution >= 0.6 is 0 Å². The molecule has 2 amide bonds. The molecule has 3 N–H and O–H groups in total. The number of aliphatic hydroxyl groups excluding tert-OH is 1. The third-order valence-electron chi connectivity index (χ3n) is 4.15. The molecule has 29 heavy (non-hydrogen) atoms. The predicted molar refractivity (Wildman–Crippen MR) is 108 cm³/mol. The van der Waals surface area contributed by atoms with E-state index in [2.05, 4.69) is 10.6 Å². The van der Waals surface area contributed by atoms with Crippen molar-refractivity contribution in [2.24, 2.45) is 0 Å². The topological polar surface area (TPSA) is 105 Å². The summed E-state index contributed by atoms with van der Waals surface area (Å²) in [5.41, 5.74) is 1.69. The first-order valence-electron chi connectivity index (χ1n) is 9.50. The molecule has 0 unspecified atom stereocenters. The summed E-state index contributed by atoms with van der Waals surface area (Å²) in [6, 6.07) is 17.6. The van der Waals surface area contributed by atoms with Crippen LogP contribution in [0.15, 0.2) is 60.7 Å². The van der Waals surface area contributed by atoms with E-state index in [4.69, 9.17) is 9.84 Å². The molecule has 0 aromatic heterocycles. The number of hydrogen-bond acceptors (Lipinski definition) is 5. The number of benzene rings is 2. The van der Waals surface area contributed by atoms with Gasteiger partial charge in [0.15, 0.2) is 0 Å². The number of amides is 2. The van der Waals surface area contributed by atoms with Crippen molar-refractivity contribution >= 4 is 17.8 Å². The number of nitrogens with one attached hydrogen (secondary N) is 2. The van der Waals surface area contributed by atoms with Crippen molar-refractivity contribution in [2.45, 2.75) is 31.9 Å². The van der Waals surface area contributed by atoms with Crippen LogP contribution in [0.25, 0.3) is 0 Å². The normalized spacial score (nSPS) is 11.3. The van der Waals surface area contributed by atoms with Crippen LogP contribution in [0.2, 0.25) is 0 Å². The molecule has 0 heterocycles. The van der Waals surface area contributed by atoms with Gasteiger partial charge in [0.05, 0.1) is 13.0 Å². The van der Waals surface area contributed by atoms with E-state index in [1.54, 1.807) is 0 Å². The van der Waals surface area contributed by atoms with Gasteiger partial charge in [-0.15, -0.1) is 0 Å². The van der Waals surface area contributed by atoms with Gasteiger partial charge in [-0.05, 0) is 17.5 Å². The van der Waals surface area contributed by atoms with Crippen molar-refractivity contribution in [3.05, 3.63) is 71.8 Å². The van der Waals surface area contributed by atoms with Gasteiger partial charge in [-0.25, -0.2) is 0 Å². The maximum Gasteiger partial charge on any atom is 0.306 e. The molecule has 7 nitrogen and oxygen atoms in total. The van der Waals surface area contributed by atoms with Crippen LogP contribution in [-0.2, 0) is 32.1 Å². The third kappa shape index (κ3) is 8.57. The van der Waals surface area contributed by atoms with Crippen LogP contribution in [0.4, 0.5) is 0 Å². The molecular weight excluding hydrogens is 372 g/mol. The Balaban J connectivity index is 1.86. The van der Waals surface area contributed by atoms with Crippen molar-refractivity contribution in [1.29, 1.82) is 0 Å². The van der Waals surface area contributed by atoms with Gasteiger partial charge in [-0.2, -0.15) is 0 Å². The van der Waals surface area contributed by atoms with Crippen LogP contribution in [0.1, 0.15) is 24.0 Å². The number of carbonyl (C=O) groups excluding carboxylic acids is 3. The zero-order valence-electron chi connectivity index (χ0n) is 16.2. The summed E-state index contributed by atoms with van der Waals surface area (Å²) in [4.78, 5) is 36.6. The summed E-state index contributed by atoms with van der Waals surface area (Å²) in [5, 5.41) is 14.1. The largest absolute Gasteiger partial charge is 0.461 e. The molecule has 0 aliphatic heterocycles. The molecule has 154 valence electrons. The Hall–Kier alpha value is -3.19. The van der Waals surface area contributed by atoms with Crippen LogP contribution in [0.3, 0.4) is 0 Å². The SMILES string of the molecule is O=C(Cc1ccccc1)N[C@H](CCC(=O)OCc1ccccc1)C(=O)NCCO. The minimum Gasteiger partial charge on any atom is -0.461 e.